The van der Waals surface area contributed by atoms with E-state index in [1.165, 1.54) is 11.1 Å². The van der Waals surface area contributed by atoms with Gasteiger partial charge in [0.05, 0.1) is 6.04 Å². The number of phenolic OH excluding ortho intramolecular Hbond substituents is 1. The molecule has 0 saturated carbocycles. The summed E-state index contributed by atoms with van der Waals surface area (Å²) in [6, 6.07) is 3.59. The molecule has 0 bridgehead atoms. The molecule has 0 aliphatic heterocycles. The zero-order valence-electron chi connectivity index (χ0n) is 13.5. The van der Waals surface area contributed by atoms with Gasteiger partial charge in [-0.3, -0.25) is 10.1 Å². The van der Waals surface area contributed by atoms with Crippen LogP contribution >= 0.6 is 0 Å². The van der Waals surface area contributed by atoms with Gasteiger partial charge in [-0.1, -0.05) is 13.0 Å². The van der Waals surface area contributed by atoms with Crippen LogP contribution in [0.3, 0.4) is 0 Å². The Morgan fingerprint density at radius 1 is 1.29 bits per heavy atom. The molecule has 2 rings (SSSR count). The molecule has 0 heterocycles. The Bertz CT molecular complexity index is 540. The molecule has 1 aromatic rings. The number of fused-ring (bicyclic) bond motifs is 1. The van der Waals surface area contributed by atoms with Crippen molar-refractivity contribution in [2.24, 2.45) is 0 Å². The highest BCUT2D eigenvalue weighted by molar-refractivity contribution is 5.81. The number of carbonyl (C=O) groups excluding carboxylic acids is 1. The van der Waals surface area contributed by atoms with Gasteiger partial charge in [-0.25, -0.2) is 0 Å². The molecule has 0 aromatic heterocycles. The van der Waals surface area contributed by atoms with E-state index in [9.17, 15) is 9.90 Å². The Morgan fingerprint density at radius 2 is 1.95 bits per heavy atom. The summed E-state index contributed by atoms with van der Waals surface area (Å²) in [5.41, 5.74) is 3.40. The van der Waals surface area contributed by atoms with Crippen molar-refractivity contribution in [2.75, 3.05) is 0 Å². The SMILES string of the molecule is Cc1ccc(O)c2c1C(C)CC2NC(C)C(=O)NC(C)C. The van der Waals surface area contributed by atoms with Crippen LogP contribution in [0.15, 0.2) is 12.1 Å². The second kappa shape index (κ2) is 6.06. The van der Waals surface area contributed by atoms with Crippen LogP contribution < -0.4 is 10.6 Å². The fourth-order valence-corrected chi connectivity index (χ4v) is 3.28. The molecule has 1 amide bonds. The lowest BCUT2D eigenvalue weighted by Crippen LogP contribution is -2.45. The van der Waals surface area contributed by atoms with Gasteiger partial charge < -0.3 is 10.4 Å². The molecule has 1 aliphatic carbocycles. The van der Waals surface area contributed by atoms with E-state index in [-0.39, 0.29) is 24.0 Å². The summed E-state index contributed by atoms with van der Waals surface area (Å²) in [7, 11) is 0. The molecule has 3 atom stereocenters. The van der Waals surface area contributed by atoms with Crippen LogP contribution in [0.4, 0.5) is 0 Å². The second-order valence-corrected chi connectivity index (χ2v) is 6.47. The summed E-state index contributed by atoms with van der Waals surface area (Å²) in [5.74, 6) is 0.720. The molecule has 0 saturated heterocycles. The van der Waals surface area contributed by atoms with E-state index < -0.39 is 0 Å². The molecule has 3 N–H and O–H groups in total. The van der Waals surface area contributed by atoms with Crippen LogP contribution in [0, 0.1) is 6.92 Å². The zero-order valence-corrected chi connectivity index (χ0v) is 13.5. The Hall–Kier alpha value is -1.55. The lowest BCUT2D eigenvalue weighted by atomic mass is 9.97. The van der Waals surface area contributed by atoms with E-state index in [4.69, 9.17) is 0 Å². The van der Waals surface area contributed by atoms with Crippen LogP contribution in [0.25, 0.3) is 0 Å². The average Bonchev–Trinajstić information content (AvgIpc) is 2.71. The maximum Gasteiger partial charge on any atom is 0.237 e. The average molecular weight is 290 g/mol. The smallest absolute Gasteiger partial charge is 0.237 e. The highest BCUT2D eigenvalue weighted by Gasteiger charge is 2.33. The first-order chi connectivity index (χ1) is 9.81. The molecule has 21 heavy (non-hydrogen) atoms. The van der Waals surface area contributed by atoms with Crippen LogP contribution in [-0.2, 0) is 4.79 Å². The highest BCUT2D eigenvalue weighted by Crippen LogP contribution is 2.46. The van der Waals surface area contributed by atoms with Crippen molar-refractivity contribution in [3.05, 3.63) is 28.8 Å². The predicted molar refractivity (Wildman–Crippen MR) is 84.5 cm³/mol. The van der Waals surface area contributed by atoms with E-state index >= 15 is 0 Å². The number of amides is 1. The van der Waals surface area contributed by atoms with Gasteiger partial charge in [-0.05, 0) is 57.2 Å². The van der Waals surface area contributed by atoms with E-state index in [1.807, 2.05) is 26.8 Å². The van der Waals surface area contributed by atoms with Crippen molar-refractivity contribution in [2.45, 2.75) is 65.1 Å². The van der Waals surface area contributed by atoms with E-state index in [0.717, 1.165) is 12.0 Å². The first-order valence-corrected chi connectivity index (χ1v) is 7.70. The second-order valence-electron chi connectivity index (χ2n) is 6.47. The molecule has 0 radical (unpaired) electrons. The monoisotopic (exact) mass is 290 g/mol. The molecule has 0 fully saturated rings. The molecule has 4 heteroatoms. The van der Waals surface area contributed by atoms with Gasteiger partial charge in [0.15, 0.2) is 0 Å². The molecule has 4 nitrogen and oxygen atoms in total. The molecule has 116 valence electrons. The number of nitrogens with one attached hydrogen (secondary N) is 2. The first kappa shape index (κ1) is 15.8. The molecule has 0 spiro atoms. The fraction of sp³-hybridized carbons (Fsp3) is 0.588. The van der Waals surface area contributed by atoms with Gasteiger partial charge in [-0.15, -0.1) is 0 Å². The van der Waals surface area contributed by atoms with Gasteiger partial charge >= 0.3 is 0 Å². The topological polar surface area (TPSA) is 61.4 Å². The van der Waals surface area contributed by atoms with Gasteiger partial charge in [0.2, 0.25) is 5.91 Å². The summed E-state index contributed by atoms with van der Waals surface area (Å²) in [6.45, 7) is 10.0. The van der Waals surface area contributed by atoms with Crippen LogP contribution in [-0.4, -0.2) is 23.1 Å². The van der Waals surface area contributed by atoms with Crippen molar-refractivity contribution in [3.63, 3.8) is 0 Å². The first-order valence-electron chi connectivity index (χ1n) is 7.70. The summed E-state index contributed by atoms with van der Waals surface area (Å²) in [4.78, 5) is 12.1. The Morgan fingerprint density at radius 3 is 2.57 bits per heavy atom. The number of phenols is 1. The summed E-state index contributed by atoms with van der Waals surface area (Å²) < 4.78 is 0. The van der Waals surface area contributed by atoms with Gasteiger partial charge in [0.1, 0.15) is 5.75 Å². The Labute approximate surface area is 126 Å². The van der Waals surface area contributed by atoms with E-state index in [2.05, 4.69) is 24.5 Å². The summed E-state index contributed by atoms with van der Waals surface area (Å²) in [6.07, 6.45) is 0.910. The molecule has 1 aliphatic rings. The van der Waals surface area contributed by atoms with E-state index in [1.54, 1.807) is 6.07 Å². The van der Waals surface area contributed by atoms with Crippen LogP contribution in [0.5, 0.6) is 5.75 Å². The quantitative estimate of drug-likeness (QED) is 0.799. The third-order valence-electron chi connectivity index (χ3n) is 4.19. The fourth-order valence-electron chi connectivity index (χ4n) is 3.28. The van der Waals surface area contributed by atoms with Crippen molar-refractivity contribution in [1.29, 1.82) is 0 Å². The zero-order chi connectivity index (χ0) is 15.7. The van der Waals surface area contributed by atoms with Crippen molar-refractivity contribution in [3.8, 4) is 5.75 Å². The molecule has 1 aromatic carbocycles. The number of aryl methyl sites for hydroxylation is 1. The molecular weight excluding hydrogens is 264 g/mol. The van der Waals surface area contributed by atoms with Crippen LogP contribution in [0.2, 0.25) is 0 Å². The largest absolute Gasteiger partial charge is 0.508 e. The third kappa shape index (κ3) is 3.21. The van der Waals surface area contributed by atoms with Crippen LogP contribution in [0.1, 0.15) is 62.8 Å². The predicted octanol–water partition coefficient (Wildman–Crippen LogP) is 2.75. The molecule has 3 unspecified atom stereocenters. The molecular formula is C17H26N2O2. The normalized spacial score (nSPS) is 22.2. The number of carbonyl (C=O) groups is 1. The Balaban J connectivity index is 2.18. The van der Waals surface area contributed by atoms with Crippen molar-refractivity contribution >= 4 is 5.91 Å². The lowest BCUT2D eigenvalue weighted by molar-refractivity contribution is -0.123. The van der Waals surface area contributed by atoms with E-state index in [0.29, 0.717) is 11.7 Å². The minimum atomic E-state index is -0.282. The maximum atomic E-state index is 12.1. The van der Waals surface area contributed by atoms with Crippen molar-refractivity contribution in [1.82, 2.24) is 10.6 Å². The van der Waals surface area contributed by atoms with Gasteiger partial charge in [0.25, 0.3) is 0 Å². The number of hydrogen-bond donors (Lipinski definition) is 3. The number of rotatable bonds is 4. The minimum Gasteiger partial charge on any atom is -0.508 e. The number of benzene rings is 1. The summed E-state index contributed by atoms with van der Waals surface area (Å²) >= 11 is 0. The number of aromatic hydroxyl groups is 1. The number of hydrogen-bond acceptors (Lipinski definition) is 3. The van der Waals surface area contributed by atoms with Crippen molar-refractivity contribution < 1.29 is 9.90 Å². The third-order valence-corrected chi connectivity index (χ3v) is 4.19. The maximum absolute atomic E-state index is 12.1. The lowest BCUT2D eigenvalue weighted by Gasteiger charge is -2.21. The highest BCUT2D eigenvalue weighted by atomic mass is 16.3. The summed E-state index contributed by atoms with van der Waals surface area (Å²) in [5, 5.41) is 16.5. The van der Waals surface area contributed by atoms with Gasteiger partial charge in [0, 0.05) is 17.6 Å². The van der Waals surface area contributed by atoms with Gasteiger partial charge in [-0.2, -0.15) is 0 Å². The minimum absolute atomic E-state index is 0.00162. The standard InChI is InChI=1S/C17H26N2O2/c1-9(2)18-17(21)12(5)19-13-8-11(4)15-10(3)6-7-14(20)16(13)15/h6-7,9,11-13,19-20H,8H2,1-5H3,(H,18,21). The Kier molecular flexibility index (Phi) is 4.57.